The molecule has 2 amide bonds. The molecule has 4 nitrogen and oxygen atoms in total. The average Bonchev–Trinajstić information content (AvgIpc) is 2.32. The van der Waals surface area contributed by atoms with Crippen molar-refractivity contribution in [1.82, 2.24) is 10.2 Å². The Bertz CT molecular complexity index is 375. The highest BCUT2D eigenvalue weighted by molar-refractivity contribution is 5.97. The highest BCUT2D eigenvalue weighted by atomic mass is 16.2. The van der Waals surface area contributed by atoms with Crippen LogP contribution >= 0.6 is 0 Å². The zero-order valence-electron chi connectivity index (χ0n) is 14.0. The Morgan fingerprint density at radius 3 is 2.15 bits per heavy atom. The maximum absolute atomic E-state index is 12.6. The smallest absolute Gasteiger partial charge is 0.245 e. The number of hydrogen-bond donors (Lipinski definition) is 1. The van der Waals surface area contributed by atoms with Gasteiger partial charge in [-0.15, -0.1) is 0 Å². The fraction of sp³-hybridized carbons (Fsp3) is 0.875. The molecule has 0 bridgehead atoms. The summed E-state index contributed by atoms with van der Waals surface area (Å²) in [5.41, 5.74) is -0.00128. The first-order valence-electron chi connectivity index (χ1n) is 7.72. The maximum atomic E-state index is 12.6. The molecule has 1 aliphatic rings. The monoisotopic (exact) mass is 282 g/mol. The summed E-state index contributed by atoms with van der Waals surface area (Å²) in [6, 6.07) is -0.705. The lowest BCUT2D eigenvalue weighted by molar-refractivity contribution is -0.153. The van der Waals surface area contributed by atoms with Crippen LogP contribution in [0.3, 0.4) is 0 Å². The standard InChI is InChI=1S/C16H30N2O2/c1-8-12-15(20)18(9-16(6,7)11(4)5)13(10(2)3)14(19)17-12/h10-13H,8-9H2,1-7H3,(H,17,19). The van der Waals surface area contributed by atoms with Crippen molar-refractivity contribution in [2.75, 3.05) is 6.54 Å². The van der Waals surface area contributed by atoms with Crippen LogP contribution in [0.1, 0.15) is 54.9 Å². The molecule has 1 rings (SSSR count). The lowest BCUT2D eigenvalue weighted by Crippen LogP contribution is -2.66. The molecule has 0 radical (unpaired) electrons. The van der Waals surface area contributed by atoms with Gasteiger partial charge >= 0.3 is 0 Å². The normalized spacial score (nSPS) is 24.6. The summed E-state index contributed by atoms with van der Waals surface area (Å²) in [5.74, 6) is 0.637. The van der Waals surface area contributed by atoms with Gasteiger partial charge in [0.15, 0.2) is 0 Å². The minimum atomic E-state index is -0.361. The van der Waals surface area contributed by atoms with Gasteiger partial charge in [0.25, 0.3) is 0 Å². The van der Waals surface area contributed by atoms with E-state index in [-0.39, 0.29) is 35.2 Å². The highest BCUT2D eigenvalue weighted by Gasteiger charge is 2.43. The van der Waals surface area contributed by atoms with Crippen molar-refractivity contribution in [2.24, 2.45) is 17.3 Å². The van der Waals surface area contributed by atoms with Crippen LogP contribution < -0.4 is 5.32 Å². The van der Waals surface area contributed by atoms with E-state index in [0.29, 0.717) is 18.9 Å². The van der Waals surface area contributed by atoms with E-state index in [0.717, 1.165) is 0 Å². The van der Waals surface area contributed by atoms with Crippen LogP contribution in [-0.2, 0) is 9.59 Å². The van der Waals surface area contributed by atoms with Gasteiger partial charge in [-0.05, 0) is 23.7 Å². The topological polar surface area (TPSA) is 49.4 Å². The Morgan fingerprint density at radius 1 is 1.20 bits per heavy atom. The van der Waals surface area contributed by atoms with Crippen molar-refractivity contribution >= 4 is 11.8 Å². The van der Waals surface area contributed by atoms with Gasteiger partial charge in [0, 0.05) is 6.54 Å². The van der Waals surface area contributed by atoms with Gasteiger partial charge in [-0.3, -0.25) is 9.59 Å². The molecule has 2 atom stereocenters. The van der Waals surface area contributed by atoms with Gasteiger partial charge in [0.2, 0.25) is 11.8 Å². The number of nitrogens with one attached hydrogen (secondary N) is 1. The summed E-state index contributed by atoms with van der Waals surface area (Å²) in [5, 5.41) is 2.86. The molecule has 1 N–H and O–H groups in total. The maximum Gasteiger partial charge on any atom is 0.245 e. The van der Waals surface area contributed by atoms with Gasteiger partial charge < -0.3 is 10.2 Å². The van der Waals surface area contributed by atoms with Crippen LogP contribution in [0.4, 0.5) is 0 Å². The Balaban J connectivity index is 3.06. The molecule has 0 aromatic heterocycles. The molecular weight excluding hydrogens is 252 g/mol. The minimum absolute atomic E-state index is 0.00128. The highest BCUT2D eigenvalue weighted by Crippen LogP contribution is 2.30. The number of carbonyl (C=O) groups excluding carboxylic acids is 2. The molecule has 1 saturated heterocycles. The third kappa shape index (κ3) is 3.33. The van der Waals surface area contributed by atoms with Crippen LogP contribution in [-0.4, -0.2) is 35.3 Å². The molecule has 116 valence electrons. The van der Waals surface area contributed by atoms with E-state index in [1.54, 1.807) is 0 Å². The van der Waals surface area contributed by atoms with Gasteiger partial charge in [-0.1, -0.05) is 48.5 Å². The van der Waals surface area contributed by atoms with Crippen LogP contribution in [0.25, 0.3) is 0 Å². The molecule has 20 heavy (non-hydrogen) atoms. The van der Waals surface area contributed by atoms with Gasteiger partial charge in [0.1, 0.15) is 12.1 Å². The quantitative estimate of drug-likeness (QED) is 0.842. The zero-order valence-corrected chi connectivity index (χ0v) is 14.0. The largest absolute Gasteiger partial charge is 0.343 e. The average molecular weight is 282 g/mol. The lowest BCUT2D eigenvalue weighted by atomic mass is 9.79. The molecule has 1 fully saturated rings. The lowest BCUT2D eigenvalue weighted by Gasteiger charge is -2.45. The number of nitrogens with zero attached hydrogens (tertiary/aromatic N) is 1. The van der Waals surface area contributed by atoms with Crippen molar-refractivity contribution < 1.29 is 9.59 Å². The summed E-state index contributed by atoms with van der Waals surface area (Å²) in [4.78, 5) is 26.8. The number of carbonyl (C=O) groups is 2. The van der Waals surface area contributed by atoms with Crippen molar-refractivity contribution in [3.05, 3.63) is 0 Å². The molecule has 0 spiro atoms. The molecule has 0 aliphatic carbocycles. The van der Waals surface area contributed by atoms with Crippen molar-refractivity contribution in [3.8, 4) is 0 Å². The van der Waals surface area contributed by atoms with E-state index in [2.05, 4.69) is 33.0 Å². The summed E-state index contributed by atoms with van der Waals surface area (Å²) in [6.45, 7) is 15.2. The fourth-order valence-corrected chi connectivity index (χ4v) is 2.53. The first-order valence-corrected chi connectivity index (χ1v) is 7.72. The second-order valence-electron chi connectivity index (χ2n) is 7.27. The van der Waals surface area contributed by atoms with Gasteiger partial charge in [-0.25, -0.2) is 0 Å². The summed E-state index contributed by atoms with van der Waals surface area (Å²) in [7, 11) is 0. The number of rotatable bonds is 5. The second kappa shape index (κ2) is 6.15. The summed E-state index contributed by atoms with van der Waals surface area (Å²) < 4.78 is 0. The minimum Gasteiger partial charge on any atom is -0.343 e. The Labute approximate surface area is 123 Å². The molecule has 0 aromatic rings. The van der Waals surface area contributed by atoms with E-state index in [4.69, 9.17) is 0 Å². The van der Waals surface area contributed by atoms with Gasteiger partial charge in [-0.2, -0.15) is 0 Å². The fourth-order valence-electron chi connectivity index (χ4n) is 2.53. The van der Waals surface area contributed by atoms with Crippen molar-refractivity contribution in [1.29, 1.82) is 0 Å². The van der Waals surface area contributed by atoms with E-state index >= 15 is 0 Å². The Hall–Kier alpha value is -1.06. The first-order chi connectivity index (χ1) is 9.11. The predicted octanol–water partition coefficient (Wildman–Crippen LogP) is 2.43. The molecule has 0 aromatic carbocycles. The van der Waals surface area contributed by atoms with Crippen LogP contribution in [0.5, 0.6) is 0 Å². The molecule has 2 unspecified atom stereocenters. The number of amides is 2. The van der Waals surface area contributed by atoms with Crippen LogP contribution in [0, 0.1) is 17.3 Å². The van der Waals surface area contributed by atoms with Crippen molar-refractivity contribution in [2.45, 2.75) is 67.0 Å². The van der Waals surface area contributed by atoms with Gasteiger partial charge in [0.05, 0.1) is 0 Å². The Morgan fingerprint density at radius 2 is 1.75 bits per heavy atom. The van der Waals surface area contributed by atoms with E-state index in [9.17, 15) is 9.59 Å². The van der Waals surface area contributed by atoms with Crippen LogP contribution in [0.15, 0.2) is 0 Å². The molecule has 1 aliphatic heterocycles. The third-order valence-electron chi connectivity index (χ3n) is 4.68. The van der Waals surface area contributed by atoms with E-state index in [1.165, 1.54) is 0 Å². The number of hydrogen-bond acceptors (Lipinski definition) is 2. The molecule has 1 heterocycles. The molecule has 4 heteroatoms. The number of piperazine rings is 1. The zero-order chi connectivity index (χ0) is 15.7. The summed E-state index contributed by atoms with van der Waals surface area (Å²) >= 11 is 0. The van der Waals surface area contributed by atoms with Crippen molar-refractivity contribution in [3.63, 3.8) is 0 Å². The van der Waals surface area contributed by atoms with E-state index in [1.807, 2.05) is 25.7 Å². The first kappa shape index (κ1) is 17.0. The van der Waals surface area contributed by atoms with E-state index < -0.39 is 0 Å². The van der Waals surface area contributed by atoms with Crippen LogP contribution in [0.2, 0.25) is 0 Å². The second-order valence-corrected chi connectivity index (χ2v) is 7.27. The molecule has 0 saturated carbocycles. The predicted molar refractivity (Wildman–Crippen MR) is 81.2 cm³/mol. The summed E-state index contributed by atoms with van der Waals surface area (Å²) in [6.07, 6.45) is 0.647. The Kier molecular flexibility index (Phi) is 5.22. The SMILES string of the molecule is CCC1NC(=O)C(C(C)C)N(CC(C)(C)C(C)C)C1=O. The third-order valence-corrected chi connectivity index (χ3v) is 4.68. The molecular formula is C16H30N2O2.